The molecule has 1 aliphatic heterocycles. The Morgan fingerprint density at radius 3 is 2.86 bits per heavy atom. The average Bonchev–Trinajstić information content (AvgIpc) is 2.50. The Kier molecular flexibility index (Phi) is 5.32. The second kappa shape index (κ2) is 7.22. The van der Waals surface area contributed by atoms with Crippen LogP contribution in [0.1, 0.15) is 13.3 Å². The van der Waals surface area contributed by atoms with Gasteiger partial charge in [0, 0.05) is 7.11 Å². The molecule has 0 spiro atoms. The molecule has 0 aromatic heterocycles. The highest BCUT2D eigenvalue weighted by Crippen LogP contribution is 2.32. The van der Waals surface area contributed by atoms with Crippen molar-refractivity contribution in [1.29, 1.82) is 0 Å². The average molecular weight is 310 g/mol. The van der Waals surface area contributed by atoms with Crippen molar-refractivity contribution in [3.63, 3.8) is 0 Å². The number of nitrogens with zero attached hydrogens (tertiary/aromatic N) is 1. The minimum atomic E-state index is -0.530. The lowest BCUT2D eigenvalue weighted by Crippen LogP contribution is -2.49. The van der Waals surface area contributed by atoms with E-state index in [1.807, 2.05) is 6.92 Å². The lowest BCUT2D eigenvalue weighted by atomic mass is 10.1. The number of ether oxygens (including phenoxy) is 2. The van der Waals surface area contributed by atoms with Crippen LogP contribution in [0.2, 0.25) is 0 Å². The minimum Gasteiger partial charge on any atom is -0.462 e. The van der Waals surface area contributed by atoms with Crippen LogP contribution in [0.4, 0.5) is 15.8 Å². The minimum absolute atomic E-state index is 0.128. The fourth-order valence-corrected chi connectivity index (χ4v) is 2.27. The van der Waals surface area contributed by atoms with Gasteiger partial charge in [-0.15, -0.1) is 0 Å². The first-order valence-electron chi connectivity index (χ1n) is 7.08. The van der Waals surface area contributed by atoms with Crippen molar-refractivity contribution in [3.05, 3.63) is 24.0 Å². The summed E-state index contributed by atoms with van der Waals surface area (Å²) in [6, 6.07) is 3.56. The second-order valence-corrected chi connectivity index (χ2v) is 4.90. The number of hydrogen-bond acceptors (Lipinski definition) is 5. The van der Waals surface area contributed by atoms with Crippen LogP contribution in [-0.4, -0.2) is 44.8 Å². The zero-order valence-electron chi connectivity index (χ0n) is 12.6. The van der Waals surface area contributed by atoms with Crippen molar-refractivity contribution in [1.82, 2.24) is 0 Å². The molecule has 1 heterocycles. The number of benzene rings is 1. The van der Waals surface area contributed by atoms with Crippen LogP contribution in [0, 0.1) is 5.82 Å². The van der Waals surface area contributed by atoms with E-state index in [1.165, 1.54) is 30.2 Å². The summed E-state index contributed by atoms with van der Waals surface area (Å²) in [5.74, 6) is -1.17. The SMILES string of the molecule is CCC1Nc2cc(F)ccc2N(CC(=O)OCCOC)C1=O. The summed E-state index contributed by atoms with van der Waals surface area (Å²) in [6.07, 6.45) is 0.532. The van der Waals surface area contributed by atoms with Crippen LogP contribution in [0.5, 0.6) is 0 Å². The van der Waals surface area contributed by atoms with Gasteiger partial charge < -0.3 is 14.8 Å². The predicted molar refractivity (Wildman–Crippen MR) is 79.3 cm³/mol. The van der Waals surface area contributed by atoms with Crippen LogP contribution in [0.3, 0.4) is 0 Å². The molecule has 1 atom stereocenters. The van der Waals surface area contributed by atoms with Gasteiger partial charge in [0.25, 0.3) is 0 Å². The Hall–Kier alpha value is -2.15. The van der Waals surface area contributed by atoms with Gasteiger partial charge in [-0.2, -0.15) is 0 Å². The highest BCUT2D eigenvalue weighted by molar-refractivity contribution is 6.07. The summed E-state index contributed by atoms with van der Waals surface area (Å²) in [5, 5.41) is 2.99. The van der Waals surface area contributed by atoms with E-state index in [-0.39, 0.29) is 19.1 Å². The number of methoxy groups -OCH3 is 1. The molecular weight excluding hydrogens is 291 g/mol. The molecule has 120 valence electrons. The number of carbonyl (C=O) groups is 2. The number of halogens is 1. The van der Waals surface area contributed by atoms with Crippen LogP contribution in [-0.2, 0) is 19.1 Å². The molecule has 0 bridgehead atoms. The van der Waals surface area contributed by atoms with E-state index in [2.05, 4.69) is 5.32 Å². The summed E-state index contributed by atoms with van der Waals surface area (Å²) in [6.45, 7) is 2.05. The predicted octanol–water partition coefficient (Wildman–Crippen LogP) is 1.55. The van der Waals surface area contributed by atoms with Crippen LogP contribution in [0.25, 0.3) is 0 Å². The molecule has 22 heavy (non-hydrogen) atoms. The van der Waals surface area contributed by atoms with Crippen molar-refractivity contribution in [2.75, 3.05) is 37.1 Å². The molecule has 1 N–H and O–H groups in total. The molecule has 1 aromatic rings. The first-order valence-corrected chi connectivity index (χ1v) is 7.08. The second-order valence-electron chi connectivity index (χ2n) is 4.90. The molecule has 1 aromatic carbocycles. The maximum Gasteiger partial charge on any atom is 0.326 e. The first-order chi connectivity index (χ1) is 10.6. The zero-order chi connectivity index (χ0) is 16.1. The number of fused-ring (bicyclic) bond motifs is 1. The van der Waals surface area contributed by atoms with E-state index in [0.29, 0.717) is 24.4 Å². The maximum atomic E-state index is 13.4. The summed E-state index contributed by atoms with van der Waals surface area (Å²) in [5.41, 5.74) is 0.968. The number of anilines is 2. The number of carbonyl (C=O) groups excluding carboxylic acids is 2. The molecule has 2 rings (SSSR count). The topological polar surface area (TPSA) is 67.9 Å². The smallest absolute Gasteiger partial charge is 0.326 e. The highest BCUT2D eigenvalue weighted by atomic mass is 19.1. The molecule has 1 aliphatic rings. The molecule has 0 saturated heterocycles. The van der Waals surface area contributed by atoms with Gasteiger partial charge in [-0.1, -0.05) is 6.92 Å². The van der Waals surface area contributed by atoms with Crippen molar-refractivity contribution in [2.24, 2.45) is 0 Å². The third kappa shape index (κ3) is 3.54. The maximum absolute atomic E-state index is 13.4. The fraction of sp³-hybridized carbons (Fsp3) is 0.467. The number of esters is 1. The Morgan fingerprint density at radius 2 is 2.18 bits per heavy atom. The van der Waals surface area contributed by atoms with E-state index >= 15 is 0 Å². The number of rotatable bonds is 6. The molecule has 0 fully saturated rings. The van der Waals surface area contributed by atoms with Gasteiger partial charge in [-0.3, -0.25) is 14.5 Å². The molecule has 0 radical (unpaired) electrons. The molecule has 1 amide bonds. The van der Waals surface area contributed by atoms with Crippen molar-refractivity contribution < 1.29 is 23.5 Å². The van der Waals surface area contributed by atoms with Crippen molar-refractivity contribution in [2.45, 2.75) is 19.4 Å². The summed E-state index contributed by atoms with van der Waals surface area (Å²) in [4.78, 5) is 25.6. The van der Waals surface area contributed by atoms with Crippen LogP contribution >= 0.6 is 0 Å². The van der Waals surface area contributed by atoms with Crippen molar-refractivity contribution >= 4 is 23.3 Å². The Balaban J connectivity index is 2.17. The van der Waals surface area contributed by atoms with Gasteiger partial charge in [-0.25, -0.2) is 4.39 Å². The quantitative estimate of drug-likeness (QED) is 0.638. The van der Waals surface area contributed by atoms with Gasteiger partial charge in [0.1, 0.15) is 25.0 Å². The third-order valence-corrected chi connectivity index (χ3v) is 3.39. The fourth-order valence-electron chi connectivity index (χ4n) is 2.27. The van der Waals surface area contributed by atoms with Gasteiger partial charge in [0.15, 0.2) is 0 Å². The van der Waals surface area contributed by atoms with Gasteiger partial charge in [0.2, 0.25) is 5.91 Å². The lowest BCUT2D eigenvalue weighted by molar-refractivity contribution is -0.144. The number of hydrogen-bond donors (Lipinski definition) is 1. The summed E-state index contributed by atoms with van der Waals surface area (Å²) < 4.78 is 23.2. The Bertz CT molecular complexity index is 564. The van der Waals surface area contributed by atoms with E-state index in [1.54, 1.807) is 0 Å². The highest BCUT2D eigenvalue weighted by Gasteiger charge is 2.33. The molecule has 0 saturated carbocycles. The van der Waals surface area contributed by atoms with Gasteiger partial charge in [0.05, 0.1) is 18.0 Å². The number of nitrogens with one attached hydrogen (secondary N) is 1. The van der Waals surface area contributed by atoms with E-state index in [0.717, 1.165) is 0 Å². The third-order valence-electron chi connectivity index (χ3n) is 3.39. The van der Waals surface area contributed by atoms with E-state index < -0.39 is 17.8 Å². The molecule has 6 nitrogen and oxygen atoms in total. The Morgan fingerprint density at radius 1 is 1.41 bits per heavy atom. The van der Waals surface area contributed by atoms with Crippen LogP contribution < -0.4 is 10.2 Å². The first kappa shape index (κ1) is 16.2. The lowest BCUT2D eigenvalue weighted by Gasteiger charge is -2.34. The zero-order valence-corrected chi connectivity index (χ0v) is 12.6. The molecule has 7 heteroatoms. The van der Waals surface area contributed by atoms with E-state index in [9.17, 15) is 14.0 Å². The van der Waals surface area contributed by atoms with Gasteiger partial charge >= 0.3 is 5.97 Å². The monoisotopic (exact) mass is 310 g/mol. The van der Waals surface area contributed by atoms with Crippen molar-refractivity contribution in [3.8, 4) is 0 Å². The molecule has 1 unspecified atom stereocenters. The van der Waals surface area contributed by atoms with Gasteiger partial charge in [-0.05, 0) is 24.6 Å². The summed E-state index contributed by atoms with van der Waals surface area (Å²) in [7, 11) is 1.50. The molecular formula is C15H19FN2O4. The van der Waals surface area contributed by atoms with E-state index in [4.69, 9.17) is 9.47 Å². The summed E-state index contributed by atoms with van der Waals surface area (Å²) >= 11 is 0. The molecule has 0 aliphatic carbocycles. The standard InChI is InChI=1S/C15H19FN2O4/c1-3-11-15(20)18(9-14(19)22-7-6-21-2)13-5-4-10(16)8-12(13)17-11/h4-5,8,11,17H,3,6-7,9H2,1-2H3. The Labute approximate surface area is 128 Å². The number of amides is 1. The van der Waals surface area contributed by atoms with Crippen LogP contribution in [0.15, 0.2) is 18.2 Å². The largest absolute Gasteiger partial charge is 0.462 e. The normalized spacial score (nSPS) is 17.0.